The second-order valence-electron chi connectivity index (χ2n) is 10.9. The monoisotopic (exact) mass is 585 g/mol. The fourth-order valence-corrected chi connectivity index (χ4v) is 5.86. The highest BCUT2D eigenvalue weighted by Crippen LogP contribution is 2.40. The Kier molecular flexibility index (Phi) is 7.48. The molecule has 42 heavy (non-hydrogen) atoms. The SMILES string of the molecule is CC(C)(C)OC(=O)NCC(=O)Nc1cccc(-c2cc3nc(-c4cccc5[nH]ncc45)nc(N4CCOCC4)c3s2)c1. The molecule has 216 valence electrons. The fourth-order valence-electron chi connectivity index (χ4n) is 4.75. The van der Waals surface area contributed by atoms with Crippen molar-refractivity contribution in [2.24, 2.45) is 0 Å². The Hall–Kier alpha value is -4.55. The van der Waals surface area contributed by atoms with Gasteiger partial charge in [0.2, 0.25) is 5.91 Å². The van der Waals surface area contributed by atoms with E-state index < -0.39 is 11.7 Å². The van der Waals surface area contributed by atoms with Crippen LogP contribution >= 0.6 is 11.3 Å². The molecule has 1 aliphatic heterocycles. The number of nitrogens with zero attached hydrogens (tertiary/aromatic N) is 4. The summed E-state index contributed by atoms with van der Waals surface area (Å²) in [6.07, 6.45) is 1.16. The van der Waals surface area contributed by atoms with Crippen molar-refractivity contribution < 1.29 is 19.1 Å². The van der Waals surface area contributed by atoms with Crippen molar-refractivity contribution in [1.82, 2.24) is 25.5 Å². The number of carbonyl (C=O) groups excluding carboxylic acids is 2. The van der Waals surface area contributed by atoms with E-state index in [1.807, 2.05) is 42.5 Å². The van der Waals surface area contributed by atoms with Gasteiger partial charge in [-0.3, -0.25) is 9.89 Å². The number of amides is 2. The summed E-state index contributed by atoms with van der Waals surface area (Å²) >= 11 is 1.61. The number of H-pyrrole nitrogens is 1. The number of benzene rings is 2. The van der Waals surface area contributed by atoms with Gasteiger partial charge in [-0.1, -0.05) is 24.3 Å². The molecule has 0 aliphatic carbocycles. The molecular weight excluding hydrogens is 554 g/mol. The number of morpholine rings is 1. The molecule has 0 spiro atoms. The summed E-state index contributed by atoms with van der Waals surface area (Å²) < 4.78 is 11.8. The number of fused-ring (bicyclic) bond motifs is 2. The van der Waals surface area contributed by atoms with Crippen LogP contribution in [-0.4, -0.2) is 70.6 Å². The summed E-state index contributed by atoms with van der Waals surface area (Å²) in [5.41, 5.74) is 3.59. The summed E-state index contributed by atoms with van der Waals surface area (Å²) in [5.74, 6) is 1.17. The van der Waals surface area contributed by atoms with Crippen LogP contribution in [0, 0.1) is 0 Å². The van der Waals surface area contributed by atoms with Crippen molar-refractivity contribution in [2.75, 3.05) is 43.1 Å². The lowest BCUT2D eigenvalue weighted by molar-refractivity contribution is -0.115. The molecule has 6 rings (SSSR count). The van der Waals surface area contributed by atoms with Gasteiger partial charge in [0, 0.05) is 34.6 Å². The number of aromatic amines is 1. The third kappa shape index (κ3) is 6.04. The molecule has 11 nitrogen and oxygen atoms in total. The van der Waals surface area contributed by atoms with E-state index in [0.29, 0.717) is 24.7 Å². The van der Waals surface area contributed by atoms with Gasteiger partial charge in [0.15, 0.2) is 11.6 Å². The Balaban J connectivity index is 1.30. The number of thiophene rings is 1. The van der Waals surface area contributed by atoms with Crippen LogP contribution in [0.15, 0.2) is 54.7 Å². The summed E-state index contributed by atoms with van der Waals surface area (Å²) in [7, 11) is 0. The Bertz CT molecular complexity index is 1770. The quantitative estimate of drug-likeness (QED) is 0.248. The third-order valence-electron chi connectivity index (χ3n) is 6.61. The van der Waals surface area contributed by atoms with Crippen molar-refractivity contribution in [2.45, 2.75) is 26.4 Å². The number of hydrogen-bond acceptors (Lipinski definition) is 9. The van der Waals surface area contributed by atoms with Gasteiger partial charge in [0.25, 0.3) is 0 Å². The predicted molar refractivity (Wildman–Crippen MR) is 164 cm³/mol. The summed E-state index contributed by atoms with van der Waals surface area (Å²) in [5, 5.41) is 13.5. The first kappa shape index (κ1) is 27.6. The van der Waals surface area contributed by atoms with Gasteiger partial charge in [-0.25, -0.2) is 14.8 Å². The zero-order valence-electron chi connectivity index (χ0n) is 23.6. The van der Waals surface area contributed by atoms with Crippen LogP contribution in [0.3, 0.4) is 0 Å². The maximum absolute atomic E-state index is 12.5. The van der Waals surface area contributed by atoms with Crippen LogP contribution in [0.4, 0.5) is 16.3 Å². The van der Waals surface area contributed by atoms with Crippen LogP contribution in [-0.2, 0) is 14.3 Å². The number of ether oxygens (including phenoxy) is 2. The lowest BCUT2D eigenvalue weighted by Crippen LogP contribution is -2.37. The van der Waals surface area contributed by atoms with Crippen molar-refractivity contribution >= 4 is 56.0 Å². The first-order valence-electron chi connectivity index (χ1n) is 13.7. The number of alkyl carbamates (subject to hydrolysis) is 1. The lowest BCUT2D eigenvalue weighted by atomic mass is 10.1. The molecule has 3 N–H and O–H groups in total. The van der Waals surface area contributed by atoms with Crippen LogP contribution in [0.2, 0.25) is 0 Å². The van der Waals surface area contributed by atoms with Gasteiger partial charge in [-0.15, -0.1) is 11.3 Å². The molecule has 12 heteroatoms. The second kappa shape index (κ2) is 11.4. The van der Waals surface area contributed by atoms with E-state index in [0.717, 1.165) is 56.0 Å². The largest absolute Gasteiger partial charge is 0.444 e. The number of anilines is 2. The second-order valence-corrected chi connectivity index (χ2v) is 12.0. The first-order valence-corrected chi connectivity index (χ1v) is 14.5. The van der Waals surface area contributed by atoms with Gasteiger partial charge >= 0.3 is 6.09 Å². The third-order valence-corrected chi connectivity index (χ3v) is 7.78. The molecule has 3 aromatic heterocycles. The van der Waals surface area contributed by atoms with E-state index in [1.165, 1.54) is 0 Å². The highest BCUT2D eigenvalue weighted by molar-refractivity contribution is 7.22. The molecule has 4 heterocycles. The van der Waals surface area contributed by atoms with Crippen molar-refractivity contribution in [3.8, 4) is 21.8 Å². The van der Waals surface area contributed by atoms with Gasteiger partial charge in [0.05, 0.1) is 35.1 Å². The highest BCUT2D eigenvalue weighted by Gasteiger charge is 2.22. The summed E-state index contributed by atoms with van der Waals surface area (Å²) in [6.45, 7) is 7.86. The minimum atomic E-state index is -0.641. The minimum absolute atomic E-state index is 0.202. The molecule has 1 saturated heterocycles. The van der Waals surface area contributed by atoms with Crippen LogP contribution in [0.5, 0.6) is 0 Å². The topological polar surface area (TPSA) is 134 Å². The number of aromatic nitrogens is 4. The number of hydrogen-bond donors (Lipinski definition) is 3. The molecule has 2 amide bonds. The van der Waals surface area contributed by atoms with Crippen LogP contribution < -0.4 is 15.5 Å². The fraction of sp³-hybridized carbons (Fsp3) is 0.300. The Morgan fingerprint density at radius 2 is 1.90 bits per heavy atom. The number of rotatable bonds is 6. The van der Waals surface area contributed by atoms with Gasteiger partial charge in [0.1, 0.15) is 12.1 Å². The lowest BCUT2D eigenvalue weighted by Gasteiger charge is -2.28. The Morgan fingerprint density at radius 1 is 1.10 bits per heavy atom. The standard InChI is InChI=1S/C30H31N7O4S/c1-30(2,3)41-29(39)31-17-25(38)33-19-7-4-6-18(14-19)24-15-23-26(42-24)28(37-10-12-40-13-11-37)35-27(34-23)20-8-5-9-22-21(20)16-32-36-22/h4-9,14-16H,10-13,17H2,1-3H3,(H,31,39)(H,32,36)(H,33,38). The number of nitrogens with one attached hydrogen (secondary N) is 3. The van der Waals surface area contributed by atoms with Crippen molar-refractivity contribution in [1.29, 1.82) is 0 Å². The Morgan fingerprint density at radius 3 is 2.71 bits per heavy atom. The predicted octanol–water partition coefficient (Wildman–Crippen LogP) is 5.20. The highest BCUT2D eigenvalue weighted by atomic mass is 32.1. The zero-order chi connectivity index (χ0) is 29.3. The molecule has 1 fully saturated rings. The molecule has 0 bridgehead atoms. The molecule has 1 aliphatic rings. The van der Waals surface area contributed by atoms with E-state index in [2.05, 4.69) is 31.8 Å². The van der Waals surface area contributed by atoms with E-state index in [1.54, 1.807) is 38.3 Å². The minimum Gasteiger partial charge on any atom is -0.444 e. The molecule has 0 radical (unpaired) electrons. The maximum atomic E-state index is 12.5. The van der Waals surface area contributed by atoms with E-state index in [9.17, 15) is 9.59 Å². The molecule has 0 atom stereocenters. The van der Waals surface area contributed by atoms with Gasteiger partial charge in [-0.2, -0.15) is 5.10 Å². The van der Waals surface area contributed by atoms with Gasteiger partial charge < -0.3 is 25.0 Å². The van der Waals surface area contributed by atoms with Crippen molar-refractivity contribution in [3.05, 3.63) is 54.7 Å². The van der Waals surface area contributed by atoms with Crippen molar-refractivity contribution in [3.63, 3.8) is 0 Å². The first-order chi connectivity index (χ1) is 20.2. The maximum Gasteiger partial charge on any atom is 0.408 e. The zero-order valence-corrected chi connectivity index (χ0v) is 24.4. The van der Waals surface area contributed by atoms with Crippen LogP contribution in [0.1, 0.15) is 20.8 Å². The number of carbonyl (C=O) groups is 2. The molecule has 2 aromatic carbocycles. The molecule has 5 aromatic rings. The molecular formula is C30H31N7O4S. The van der Waals surface area contributed by atoms with E-state index >= 15 is 0 Å². The van der Waals surface area contributed by atoms with E-state index in [-0.39, 0.29) is 12.5 Å². The average molecular weight is 586 g/mol. The van der Waals surface area contributed by atoms with E-state index in [4.69, 9.17) is 19.4 Å². The van der Waals surface area contributed by atoms with Gasteiger partial charge in [-0.05, 0) is 50.6 Å². The molecule has 0 saturated carbocycles. The average Bonchev–Trinajstić information content (AvgIpc) is 3.63. The summed E-state index contributed by atoms with van der Waals surface area (Å²) in [4.78, 5) is 37.7. The smallest absolute Gasteiger partial charge is 0.408 e. The summed E-state index contributed by atoms with van der Waals surface area (Å²) in [6, 6.07) is 15.6. The van der Waals surface area contributed by atoms with Crippen LogP contribution in [0.25, 0.3) is 42.9 Å². The normalized spacial score (nSPS) is 13.8. The molecule has 0 unspecified atom stereocenters. The Labute approximate surface area is 246 Å².